The molecule has 0 atom stereocenters. The highest BCUT2D eigenvalue weighted by molar-refractivity contribution is 8.02. The summed E-state index contributed by atoms with van der Waals surface area (Å²) >= 11 is 1.76. The van der Waals surface area contributed by atoms with Crippen LogP contribution in [0.25, 0.3) is 27.9 Å². The fourth-order valence-electron chi connectivity index (χ4n) is 3.04. The number of amides is 2. The molecule has 1 aromatic carbocycles. The largest absolute Gasteiger partial charge is 0.338 e. The number of aromatic nitrogens is 3. The molecule has 6 nitrogen and oxygen atoms in total. The minimum absolute atomic E-state index is 0.242. The van der Waals surface area contributed by atoms with Crippen LogP contribution in [0, 0.1) is 5.82 Å². The van der Waals surface area contributed by atoms with Gasteiger partial charge in [0.1, 0.15) is 17.0 Å². The molecular formula is C19H18FN5OS. The molecule has 0 saturated heterocycles. The first kappa shape index (κ1) is 17.5. The number of thioether (sulfide) groups is 1. The number of H-pyrrole nitrogens is 1. The molecular weight excluding hydrogens is 365 g/mol. The summed E-state index contributed by atoms with van der Waals surface area (Å²) in [7, 11) is 0. The van der Waals surface area contributed by atoms with Crippen LogP contribution in [0.3, 0.4) is 0 Å². The standard InChI is InChI=1S/C19H18FN5OS/c1-2-21-19(26)25-18-23-15-9-12(11-5-7-27-10-11)8-13(17(15)24-18)16-14(20)4-3-6-22-16/h3-4,6,8-10H,2,5,7H2,1H3,(H3,21,23,24,25,26). The first-order chi connectivity index (χ1) is 13.2. The highest BCUT2D eigenvalue weighted by Gasteiger charge is 2.18. The van der Waals surface area contributed by atoms with E-state index in [4.69, 9.17) is 0 Å². The van der Waals surface area contributed by atoms with Crippen molar-refractivity contribution in [1.82, 2.24) is 20.3 Å². The minimum atomic E-state index is -0.410. The van der Waals surface area contributed by atoms with Crippen molar-refractivity contribution in [2.45, 2.75) is 13.3 Å². The van der Waals surface area contributed by atoms with E-state index in [1.807, 2.05) is 19.1 Å². The van der Waals surface area contributed by atoms with Crippen LogP contribution in [-0.2, 0) is 0 Å². The number of nitrogens with one attached hydrogen (secondary N) is 3. The molecule has 3 N–H and O–H groups in total. The number of allylic oxidation sites excluding steroid dienone is 1. The van der Waals surface area contributed by atoms with Crippen molar-refractivity contribution in [2.75, 3.05) is 17.6 Å². The van der Waals surface area contributed by atoms with Crippen LogP contribution in [0.5, 0.6) is 0 Å². The second-order valence-corrected chi connectivity index (χ2v) is 7.06. The van der Waals surface area contributed by atoms with Crippen molar-refractivity contribution < 1.29 is 9.18 Å². The van der Waals surface area contributed by atoms with Crippen molar-refractivity contribution in [1.29, 1.82) is 0 Å². The van der Waals surface area contributed by atoms with E-state index in [0.29, 0.717) is 23.6 Å². The number of fused-ring (bicyclic) bond motifs is 1. The Bertz CT molecular complexity index is 1050. The number of hydrogen-bond acceptors (Lipinski definition) is 4. The number of rotatable bonds is 4. The van der Waals surface area contributed by atoms with Gasteiger partial charge in [0.05, 0.1) is 5.52 Å². The minimum Gasteiger partial charge on any atom is -0.338 e. The summed E-state index contributed by atoms with van der Waals surface area (Å²) in [5.41, 5.74) is 4.32. The number of imidazole rings is 1. The summed E-state index contributed by atoms with van der Waals surface area (Å²) in [4.78, 5) is 23.6. The average molecular weight is 383 g/mol. The second kappa shape index (κ2) is 7.40. The Labute approximate surface area is 159 Å². The third-order valence-corrected chi connectivity index (χ3v) is 5.15. The Morgan fingerprint density at radius 1 is 1.41 bits per heavy atom. The van der Waals surface area contributed by atoms with E-state index < -0.39 is 5.82 Å². The zero-order valence-corrected chi connectivity index (χ0v) is 15.5. The lowest BCUT2D eigenvalue weighted by Gasteiger charge is -2.08. The molecule has 1 aliphatic rings. The molecule has 2 aromatic heterocycles. The van der Waals surface area contributed by atoms with Gasteiger partial charge < -0.3 is 10.3 Å². The van der Waals surface area contributed by atoms with Crippen LogP contribution >= 0.6 is 11.8 Å². The summed E-state index contributed by atoms with van der Waals surface area (Å²) in [6.07, 6.45) is 2.51. The van der Waals surface area contributed by atoms with Gasteiger partial charge in [-0.1, -0.05) is 0 Å². The maximum Gasteiger partial charge on any atom is 0.321 e. The third-order valence-electron chi connectivity index (χ3n) is 4.26. The summed E-state index contributed by atoms with van der Waals surface area (Å²) in [5, 5.41) is 7.45. The van der Waals surface area contributed by atoms with Gasteiger partial charge in [0, 0.05) is 24.1 Å². The van der Waals surface area contributed by atoms with E-state index in [-0.39, 0.29) is 11.7 Å². The van der Waals surface area contributed by atoms with Gasteiger partial charge in [0.25, 0.3) is 0 Å². The molecule has 138 valence electrons. The number of nitrogens with zero attached hydrogens (tertiary/aromatic N) is 2. The maximum atomic E-state index is 14.4. The number of aromatic amines is 1. The lowest BCUT2D eigenvalue weighted by Crippen LogP contribution is -2.28. The SMILES string of the molecule is CCNC(=O)Nc1nc2c(-c3ncccc3F)cc(C3=CSCC3)cc2[nH]1. The van der Waals surface area contributed by atoms with Crippen molar-refractivity contribution in [3.63, 3.8) is 0 Å². The Hall–Kier alpha value is -2.87. The Balaban J connectivity index is 1.86. The molecule has 27 heavy (non-hydrogen) atoms. The van der Waals surface area contributed by atoms with E-state index in [0.717, 1.165) is 23.3 Å². The average Bonchev–Trinajstić information content (AvgIpc) is 3.31. The molecule has 0 spiro atoms. The molecule has 0 aliphatic carbocycles. The van der Waals surface area contributed by atoms with E-state index in [2.05, 4.69) is 31.0 Å². The molecule has 0 unspecified atom stereocenters. The van der Waals surface area contributed by atoms with Gasteiger partial charge in [-0.3, -0.25) is 10.3 Å². The Morgan fingerprint density at radius 3 is 3.04 bits per heavy atom. The van der Waals surface area contributed by atoms with Crippen LogP contribution in [0.1, 0.15) is 18.9 Å². The van der Waals surface area contributed by atoms with Crippen LogP contribution in [0.2, 0.25) is 0 Å². The van der Waals surface area contributed by atoms with Crippen LogP contribution in [-0.4, -0.2) is 33.3 Å². The lowest BCUT2D eigenvalue weighted by atomic mass is 9.99. The van der Waals surface area contributed by atoms with Crippen molar-refractivity contribution in [3.8, 4) is 11.3 Å². The van der Waals surface area contributed by atoms with Gasteiger partial charge in [-0.05, 0) is 54.2 Å². The molecule has 0 saturated carbocycles. The first-order valence-electron chi connectivity index (χ1n) is 8.66. The number of urea groups is 1. The van der Waals surface area contributed by atoms with Gasteiger partial charge in [-0.25, -0.2) is 14.2 Å². The number of anilines is 1. The number of carbonyl (C=O) groups is 1. The van der Waals surface area contributed by atoms with E-state index in [1.165, 1.54) is 11.6 Å². The zero-order chi connectivity index (χ0) is 18.8. The molecule has 0 radical (unpaired) electrons. The summed E-state index contributed by atoms with van der Waals surface area (Å²) < 4.78 is 14.4. The number of halogens is 1. The Kier molecular flexibility index (Phi) is 4.81. The van der Waals surface area contributed by atoms with Crippen LogP contribution in [0.4, 0.5) is 15.1 Å². The van der Waals surface area contributed by atoms with Gasteiger partial charge in [0.2, 0.25) is 5.95 Å². The second-order valence-electron chi connectivity index (χ2n) is 6.09. The Morgan fingerprint density at radius 2 is 2.30 bits per heavy atom. The van der Waals surface area contributed by atoms with E-state index in [1.54, 1.807) is 24.0 Å². The topological polar surface area (TPSA) is 82.7 Å². The predicted molar refractivity (Wildman–Crippen MR) is 107 cm³/mol. The monoisotopic (exact) mass is 383 g/mol. The smallest absolute Gasteiger partial charge is 0.321 e. The fourth-order valence-corrected chi connectivity index (χ4v) is 3.95. The number of hydrogen-bond donors (Lipinski definition) is 3. The quantitative estimate of drug-likeness (QED) is 0.624. The molecule has 0 bridgehead atoms. The molecule has 4 rings (SSSR count). The lowest BCUT2D eigenvalue weighted by molar-refractivity contribution is 0.252. The van der Waals surface area contributed by atoms with Crippen molar-refractivity contribution in [3.05, 3.63) is 47.3 Å². The van der Waals surface area contributed by atoms with Crippen molar-refractivity contribution >= 4 is 40.3 Å². The van der Waals surface area contributed by atoms with Crippen molar-refractivity contribution in [2.24, 2.45) is 0 Å². The molecule has 1 aliphatic heterocycles. The van der Waals surface area contributed by atoms with Crippen LogP contribution in [0.15, 0.2) is 35.9 Å². The molecule has 2 amide bonds. The fraction of sp³-hybridized carbons (Fsp3) is 0.211. The number of carbonyl (C=O) groups excluding carboxylic acids is 1. The molecule has 3 aromatic rings. The van der Waals surface area contributed by atoms with Gasteiger partial charge in [-0.15, -0.1) is 11.8 Å². The summed E-state index contributed by atoms with van der Waals surface area (Å²) in [6, 6.07) is 6.49. The van der Waals surface area contributed by atoms with E-state index in [9.17, 15) is 9.18 Å². The molecule has 3 heterocycles. The first-order valence-corrected chi connectivity index (χ1v) is 9.71. The zero-order valence-electron chi connectivity index (χ0n) is 14.7. The number of pyridine rings is 1. The highest BCUT2D eigenvalue weighted by atomic mass is 32.2. The van der Waals surface area contributed by atoms with E-state index >= 15 is 0 Å². The molecule has 0 fully saturated rings. The predicted octanol–water partition coefficient (Wildman–Crippen LogP) is 4.38. The maximum absolute atomic E-state index is 14.4. The number of benzene rings is 1. The third kappa shape index (κ3) is 3.52. The summed E-state index contributed by atoms with van der Waals surface area (Å²) in [5.74, 6) is 0.931. The van der Waals surface area contributed by atoms with Gasteiger partial charge >= 0.3 is 6.03 Å². The van der Waals surface area contributed by atoms with Gasteiger partial charge in [-0.2, -0.15) is 0 Å². The molecule has 8 heteroatoms. The normalized spacial score (nSPS) is 13.6. The van der Waals surface area contributed by atoms with Crippen LogP contribution < -0.4 is 10.6 Å². The van der Waals surface area contributed by atoms with Gasteiger partial charge in [0.15, 0.2) is 0 Å². The summed E-state index contributed by atoms with van der Waals surface area (Å²) in [6.45, 7) is 2.34. The highest BCUT2D eigenvalue weighted by Crippen LogP contribution is 2.36.